The van der Waals surface area contributed by atoms with Crippen LogP contribution in [-0.2, 0) is 13.0 Å². The summed E-state index contributed by atoms with van der Waals surface area (Å²) in [5.41, 5.74) is 0.894. The number of hydrogen-bond donors (Lipinski definition) is 0. The third-order valence-electron chi connectivity index (χ3n) is 4.13. The first-order chi connectivity index (χ1) is 11.7. The first kappa shape index (κ1) is 16.4. The standard InChI is InChI=1S/C17H20FN5O/c1-2-3-16-20-17(24-21-16)12-22-6-8-23(9-7-22)15-5-4-13(11-19)10-14(15)18/h4-5,10H,2-3,6-9,12H2,1H3. The van der Waals surface area contributed by atoms with Crippen molar-refractivity contribution in [2.24, 2.45) is 0 Å². The van der Waals surface area contributed by atoms with Crippen molar-refractivity contribution in [1.29, 1.82) is 5.26 Å². The fraction of sp³-hybridized carbons (Fsp3) is 0.471. The van der Waals surface area contributed by atoms with Crippen LogP contribution in [0.25, 0.3) is 0 Å². The molecule has 2 heterocycles. The molecule has 1 aromatic carbocycles. The molecule has 0 atom stereocenters. The van der Waals surface area contributed by atoms with E-state index in [-0.39, 0.29) is 5.82 Å². The lowest BCUT2D eigenvalue weighted by Crippen LogP contribution is -2.46. The summed E-state index contributed by atoms with van der Waals surface area (Å²) >= 11 is 0. The predicted molar refractivity (Wildman–Crippen MR) is 86.9 cm³/mol. The van der Waals surface area contributed by atoms with Crippen molar-refractivity contribution in [2.75, 3.05) is 31.1 Å². The third-order valence-corrected chi connectivity index (χ3v) is 4.13. The number of anilines is 1. The van der Waals surface area contributed by atoms with E-state index in [0.717, 1.165) is 44.8 Å². The Balaban J connectivity index is 1.56. The van der Waals surface area contributed by atoms with Crippen LogP contribution in [0.15, 0.2) is 22.7 Å². The fourth-order valence-corrected chi connectivity index (χ4v) is 2.85. The molecule has 0 unspecified atom stereocenters. The Labute approximate surface area is 140 Å². The lowest BCUT2D eigenvalue weighted by atomic mass is 10.2. The van der Waals surface area contributed by atoms with Gasteiger partial charge in [-0.25, -0.2) is 4.39 Å². The minimum Gasteiger partial charge on any atom is -0.367 e. The second-order valence-electron chi connectivity index (χ2n) is 5.90. The normalized spacial score (nSPS) is 15.5. The SMILES string of the molecule is CCCc1noc(CN2CCN(c3ccc(C#N)cc3F)CC2)n1. The number of aromatic nitrogens is 2. The molecule has 1 fully saturated rings. The summed E-state index contributed by atoms with van der Waals surface area (Å²) in [4.78, 5) is 8.61. The zero-order chi connectivity index (χ0) is 16.9. The van der Waals surface area contributed by atoms with Crippen molar-refractivity contribution in [3.05, 3.63) is 41.3 Å². The highest BCUT2D eigenvalue weighted by molar-refractivity contribution is 5.51. The number of aryl methyl sites for hydroxylation is 1. The van der Waals surface area contributed by atoms with Crippen LogP contribution in [0.2, 0.25) is 0 Å². The maximum Gasteiger partial charge on any atom is 0.240 e. The van der Waals surface area contributed by atoms with E-state index in [2.05, 4.69) is 22.0 Å². The Morgan fingerprint density at radius 3 is 2.75 bits per heavy atom. The van der Waals surface area contributed by atoms with Crippen LogP contribution in [0.3, 0.4) is 0 Å². The molecular formula is C17H20FN5O. The van der Waals surface area contributed by atoms with E-state index in [1.165, 1.54) is 6.07 Å². The van der Waals surface area contributed by atoms with Crippen molar-refractivity contribution < 1.29 is 8.91 Å². The van der Waals surface area contributed by atoms with Gasteiger partial charge in [-0.05, 0) is 24.6 Å². The van der Waals surface area contributed by atoms with Gasteiger partial charge in [0.15, 0.2) is 5.82 Å². The van der Waals surface area contributed by atoms with Crippen LogP contribution in [0.4, 0.5) is 10.1 Å². The summed E-state index contributed by atoms with van der Waals surface area (Å²) in [6.45, 7) is 5.74. The minimum absolute atomic E-state index is 0.342. The predicted octanol–water partition coefficient (Wildman–Crippen LogP) is 2.36. The molecule has 1 aliphatic heterocycles. The number of hydrogen-bond acceptors (Lipinski definition) is 6. The van der Waals surface area contributed by atoms with Gasteiger partial charge in [0.25, 0.3) is 0 Å². The summed E-state index contributed by atoms with van der Waals surface area (Å²) in [6, 6.07) is 6.57. The molecule has 0 N–H and O–H groups in total. The molecule has 24 heavy (non-hydrogen) atoms. The highest BCUT2D eigenvalue weighted by atomic mass is 19.1. The van der Waals surface area contributed by atoms with E-state index in [9.17, 15) is 4.39 Å². The average molecular weight is 329 g/mol. The number of rotatable bonds is 5. The van der Waals surface area contributed by atoms with Crippen LogP contribution < -0.4 is 4.90 Å². The molecule has 0 aliphatic carbocycles. The molecule has 0 radical (unpaired) electrons. The van der Waals surface area contributed by atoms with Crippen LogP contribution in [-0.4, -0.2) is 41.2 Å². The monoisotopic (exact) mass is 329 g/mol. The molecule has 0 saturated carbocycles. The topological polar surface area (TPSA) is 69.2 Å². The van der Waals surface area contributed by atoms with E-state index in [0.29, 0.717) is 23.7 Å². The van der Waals surface area contributed by atoms with Gasteiger partial charge >= 0.3 is 0 Å². The molecule has 1 aromatic heterocycles. The van der Waals surface area contributed by atoms with Gasteiger partial charge in [-0.1, -0.05) is 12.1 Å². The van der Waals surface area contributed by atoms with E-state index < -0.39 is 0 Å². The maximum absolute atomic E-state index is 14.1. The van der Waals surface area contributed by atoms with Crippen LogP contribution >= 0.6 is 0 Å². The largest absolute Gasteiger partial charge is 0.367 e. The smallest absolute Gasteiger partial charge is 0.240 e. The lowest BCUT2D eigenvalue weighted by molar-refractivity contribution is 0.215. The quantitative estimate of drug-likeness (QED) is 0.839. The second kappa shape index (κ2) is 7.41. The fourth-order valence-electron chi connectivity index (χ4n) is 2.85. The first-order valence-electron chi connectivity index (χ1n) is 8.18. The Kier molecular flexibility index (Phi) is 5.06. The highest BCUT2D eigenvalue weighted by Gasteiger charge is 2.21. The zero-order valence-corrected chi connectivity index (χ0v) is 13.7. The zero-order valence-electron chi connectivity index (χ0n) is 13.7. The van der Waals surface area contributed by atoms with Gasteiger partial charge in [-0.3, -0.25) is 4.90 Å². The van der Waals surface area contributed by atoms with Crippen LogP contribution in [0.5, 0.6) is 0 Å². The molecule has 0 spiro atoms. The maximum atomic E-state index is 14.1. The molecule has 2 aromatic rings. The summed E-state index contributed by atoms with van der Waals surface area (Å²) in [6.07, 6.45) is 1.82. The van der Waals surface area contributed by atoms with E-state index >= 15 is 0 Å². The average Bonchev–Trinajstić information content (AvgIpc) is 3.03. The number of nitriles is 1. The second-order valence-corrected chi connectivity index (χ2v) is 5.90. The summed E-state index contributed by atoms with van der Waals surface area (Å²) in [5.74, 6) is 1.05. The summed E-state index contributed by atoms with van der Waals surface area (Å²) in [5, 5.41) is 12.8. The molecule has 1 saturated heterocycles. The Bertz CT molecular complexity index is 731. The number of benzene rings is 1. The lowest BCUT2D eigenvalue weighted by Gasteiger charge is -2.35. The molecule has 126 valence electrons. The summed E-state index contributed by atoms with van der Waals surface area (Å²) < 4.78 is 19.4. The minimum atomic E-state index is -0.344. The van der Waals surface area contributed by atoms with Gasteiger partial charge in [-0.15, -0.1) is 0 Å². The first-order valence-corrected chi connectivity index (χ1v) is 8.18. The molecule has 7 heteroatoms. The molecule has 6 nitrogen and oxygen atoms in total. The van der Waals surface area contributed by atoms with Crippen molar-refractivity contribution in [2.45, 2.75) is 26.3 Å². The van der Waals surface area contributed by atoms with Crippen molar-refractivity contribution in [1.82, 2.24) is 15.0 Å². The molecule has 3 rings (SSSR count). The van der Waals surface area contributed by atoms with Gasteiger partial charge < -0.3 is 9.42 Å². The Morgan fingerprint density at radius 2 is 2.08 bits per heavy atom. The van der Waals surface area contributed by atoms with Gasteiger partial charge in [0, 0.05) is 32.6 Å². The molecular weight excluding hydrogens is 309 g/mol. The molecule has 0 amide bonds. The van der Waals surface area contributed by atoms with Gasteiger partial charge in [0.2, 0.25) is 5.89 Å². The Hall–Kier alpha value is -2.46. The number of piperazine rings is 1. The third kappa shape index (κ3) is 3.71. The van der Waals surface area contributed by atoms with Crippen molar-refractivity contribution in [3.8, 4) is 6.07 Å². The van der Waals surface area contributed by atoms with Gasteiger partial charge in [-0.2, -0.15) is 10.2 Å². The van der Waals surface area contributed by atoms with Crippen molar-refractivity contribution >= 4 is 5.69 Å². The van der Waals surface area contributed by atoms with E-state index in [4.69, 9.17) is 9.78 Å². The number of halogens is 1. The summed E-state index contributed by atoms with van der Waals surface area (Å²) in [7, 11) is 0. The van der Waals surface area contributed by atoms with Crippen molar-refractivity contribution in [3.63, 3.8) is 0 Å². The van der Waals surface area contributed by atoms with Gasteiger partial charge in [0.05, 0.1) is 23.9 Å². The van der Waals surface area contributed by atoms with E-state index in [1.807, 2.05) is 11.0 Å². The van der Waals surface area contributed by atoms with Crippen LogP contribution in [0.1, 0.15) is 30.6 Å². The van der Waals surface area contributed by atoms with E-state index in [1.54, 1.807) is 12.1 Å². The van der Waals surface area contributed by atoms with Gasteiger partial charge in [0.1, 0.15) is 5.82 Å². The highest BCUT2D eigenvalue weighted by Crippen LogP contribution is 2.22. The van der Waals surface area contributed by atoms with Crippen LogP contribution in [0, 0.1) is 17.1 Å². The number of nitrogens with zero attached hydrogens (tertiary/aromatic N) is 5. The Morgan fingerprint density at radius 1 is 1.29 bits per heavy atom. The molecule has 1 aliphatic rings. The molecule has 0 bridgehead atoms.